The molecular formula is C14H13BrN2O. The number of benzene rings is 1. The van der Waals surface area contributed by atoms with Gasteiger partial charge in [-0.3, -0.25) is 9.69 Å². The molecule has 3 nitrogen and oxygen atoms in total. The Kier molecular flexibility index (Phi) is 3.77. The van der Waals surface area contributed by atoms with Crippen molar-refractivity contribution in [3.05, 3.63) is 58.2 Å². The maximum atomic E-state index is 12.3. The minimum atomic E-state index is -0.0655. The Morgan fingerprint density at radius 2 is 2.06 bits per heavy atom. The maximum Gasteiger partial charge on any atom is 0.259 e. The average Bonchev–Trinajstić information content (AvgIpc) is 2.41. The van der Waals surface area contributed by atoms with E-state index in [4.69, 9.17) is 0 Å². The summed E-state index contributed by atoms with van der Waals surface area (Å²) in [5, 5.41) is 0. The lowest BCUT2D eigenvalue weighted by Crippen LogP contribution is -2.27. The molecule has 0 aliphatic rings. The van der Waals surface area contributed by atoms with Gasteiger partial charge >= 0.3 is 0 Å². The summed E-state index contributed by atoms with van der Waals surface area (Å²) in [5.41, 5.74) is 1.69. The van der Waals surface area contributed by atoms with Crippen LogP contribution in [0.1, 0.15) is 15.9 Å². The van der Waals surface area contributed by atoms with Crippen LogP contribution in [0.2, 0.25) is 0 Å². The zero-order chi connectivity index (χ0) is 13.1. The van der Waals surface area contributed by atoms with E-state index in [1.165, 1.54) is 0 Å². The maximum absolute atomic E-state index is 12.3. The monoisotopic (exact) mass is 304 g/mol. The minimum absolute atomic E-state index is 0.0655. The lowest BCUT2D eigenvalue weighted by molar-refractivity contribution is 0.0992. The molecule has 1 aromatic carbocycles. The zero-order valence-corrected chi connectivity index (χ0v) is 11.8. The smallest absolute Gasteiger partial charge is 0.259 e. The number of aromatic nitrogens is 1. The summed E-state index contributed by atoms with van der Waals surface area (Å²) in [6, 6.07) is 11.0. The van der Waals surface area contributed by atoms with Gasteiger partial charge < -0.3 is 0 Å². The van der Waals surface area contributed by atoms with Gasteiger partial charge in [0.25, 0.3) is 5.91 Å². The predicted molar refractivity (Wildman–Crippen MR) is 75.8 cm³/mol. The van der Waals surface area contributed by atoms with E-state index >= 15 is 0 Å². The first-order valence-electron chi connectivity index (χ1n) is 5.55. The third-order valence-corrected chi connectivity index (χ3v) is 3.59. The van der Waals surface area contributed by atoms with Gasteiger partial charge in [0.1, 0.15) is 5.82 Å². The van der Waals surface area contributed by atoms with Gasteiger partial charge in [-0.15, -0.1) is 0 Å². The van der Waals surface area contributed by atoms with Crippen LogP contribution in [0.5, 0.6) is 0 Å². The van der Waals surface area contributed by atoms with Crippen LogP contribution < -0.4 is 4.90 Å². The molecule has 2 rings (SSSR count). The first kappa shape index (κ1) is 12.8. The van der Waals surface area contributed by atoms with E-state index in [0.29, 0.717) is 11.4 Å². The van der Waals surface area contributed by atoms with Gasteiger partial charge in [0.05, 0.1) is 0 Å². The summed E-state index contributed by atoms with van der Waals surface area (Å²) < 4.78 is 1.000. The molecule has 0 bridgehead atoms. The second-order valence-electron chi connectivity index (χ2n) is 4.02. The third kappa shape index (κ3) is 2.59. The Bertz CT molecular complexity index is 569. The number of anilines is 1. The summed E-state index contributed by atoms with van der Waals surface area (Å²) >= 11 is 3.42. The molecule has 4 heteroatoms. The fourth-order valence-corrected chi connectivity index (χ4v) is 1.87. The van der Waals surface area contributed by atoms with E-state index in [1.54, 1.807) is 24.2 Å². The molecule has 0 fully saturated rings. The molecule has 0 saturated carbocycles. The number of hydrogen-bond donors (Lipinski definition) is 0. The van der Waals surface area contributed by atoms with Crippen LogP contribution >= 0.6 is 15.9 Å². The van der Waals surface area contributed by atoms with E-state index in [-0.39, 0.29) is 5.91 Å². The highest BCUT2D eigenvalue weighted by Gasteiger charge is 2.14. The van der Waals surface area contributed by atoms with Gasteiger partial charge in [-0.25, -0.2) is 4.98 Å². The van der Waals surface area contributed by atoms with Crippen molar-refractivity contribution in [3.8, 4) is 0 Å². The van der Waals surface area contributed by atoms with Crippen LogP contribution in [-0.4, -0.2) is 17.9 Å². The lowest BCUT2D eigenvalue weighted by atomic mass is 10.1. The molecule has 0 spiro atoms. The van der Waals surface area contributed by atoms with Crippen LogP contribution in [0.3, 0.4) is 0 Å². The van der Waals surface area contributed by atoms with Crippen molar-refractivity contribution in [1.29, 1.82) is 0 Å². The fraction of sp³-hybridized carbons (Fsp3) is 0.143. The van der Waals surface area contributed by atoms with Crippen LogP contribution in [0.25, 0.3) is 0 Å². The number of halogens is 1. The van der Waals surface area contributed by atoms with E-state index < -0.39 is 0 Å². The summed E-state index contributed by atoms with van der Waals surface area (Å²) in [7, 11) is 1.72. The van der Waals surface area contributed by atoms with Crippen LogP contribution in [0, 0.1) is 6.92 Å². The number of aryl methyl sites for hydroxylation is 1. The Hall–Kier alpha value is -1.68. The highest BCUT2D eigenvalue weighted by atomic mass is 79.9. The van der Waals surface area contributed by atoms with E-state index in [1.807, 2.05) is 37.3 Å². The summed E-state index contributed by atoms with van der Waals surface area (Å²) in [6.07, 6.45) is 1.67. The number of rotatable bonds is 2. The first-order valence-corrected chi connectivity index (χ1v) is 6.34. The minimum Gasteiger partial charge on any atom is -0.296 e. The van der Waals surface area contributed by atoms with Crippen molar-refractivity contribution in [1.82, 2.24) is 4.98 Å². The van der Waals surface area contributed by atoms with Crippen molar-refractivity contribution >= 4 is 27.7 Å². The molecule has 0 aliphatic carbocycles. The molecule has 0 saturated heterocycles. The lowest BCUT2D eigenvalue weighted by Gasteiger charge is -2.16. The number of carbonyl (C=O) groups is 1. The normalized spacial score (nSPS) is 10.2. The van der Waals surface area contributed by atoms with Crippen molar-refractivity contribution in [2.24, 2.45) is 0 Å². The SMILES string of the molecule is Cc1cc(C(=O)N(C)c2ccccn2)ccc1Br. The molecular weight excluding hydrogens is 292 g/mol. The van der Waals surface area contributed by atoms with Crippen molar-refractivity contribution in [2.75, 3.05) is 11.9 Å². The molecule has 2 aromatic rings. The Morgan fingerprint density at radius 1 is 1.28 bits per heavy atom. The molecule has 1 amide bonds. The average molecular weight is 305 g/mol. The Balaban J connectivity index is 2.29. The number of pyridine rings is 1. The molecule has 0 aliphatic heterocycles. The van der Waals surface area contributed by atoms with E-state index in [9.17, 15) is 4.79 Å². The quantitative estimate of drug-likeness (QED) is 0.851. The molecule has 1 aromatic heterocycles. The number of amides is 1. The van der Waals surface area contributed by atoms with Crippen LogP contribution in [0.4, 0.5) is 5.82 Å². The van der Waals surface area contributed by atoms with Gasteiger partial charge in [0.2, 0.25) is 0 Å². The van der Waals surface area contributed by atoms with Crippen molar-refractivity contribution in [3.63, 3.8) is 0 Å². The number of carbonyl (C=O) groups excluding carboxylic acids is 1. The summed E-state index contributed by atoms with van der Waals surface area (Å²) in [6.45, 7) is 1.96. The third-order valence-electron chi connectivity index (χ3n) is 2.70. The van der Waals surface area contributed by atoms with Crippen molar-refractivity contribution < 1.29 is 4.79 Å². The molecule has 0 radical (unpaired) electrons. The second-order valence-corrected chi connectivity index (χ2v) is 4.87. The largest absolute Gasteiger partial charge is 0.296 e. The fourth-order valence-electron chi connectivity index (χ4n) is 1.63. The van der Waals surface area contributed by atoms with Crippen molar-refractivity contribution in [2.45, 2.75) is 6.92 Å². The van der Waals surface area contributed by atoms with Crippen LogP contribution in [0.15, 0.2) is 47.1 Å². The van der Waals surface area contributed by atoms with E-state index in [2.05, 4.69) is 20.9 Å². The summed E-state index contributed by atoms with van der Waals surface area (Å²) in [4.78, 5) is 18.0. The van der Waals surface area contributed by atoms with Gasteiger partial charge in [-0.2, -0.15) is 0 Å². The number of hydrogen-bond acceptors (Lipinski definition) is 2. The Labute approximate surface area is 115 Å². The molecule has 0 atom stereocenters. The van der Waals surface area contributed by atoms with Gasteiger partial charge in [0.15, 0.2) is 0 Å². The Morgan fingerprint density at radius 3 is 2.67 bits per heavy atom. The van der Waals surface area contributed by atoms with Crippen LogP contribution in [-0.2, 0) is 0 Å². The topological polar surface area (TPSA) is 33.2 Å². The summed E-state index contributed by atoms with van der Waals surface area (Å²) in [5.74, 6) is 0.576. The van der Waals surface area contributed by atoms with E-state index in [0.717, 1.165) is 10.0 Å². The highest BCUT2D eigenvalue weighted by molar-refractivity contribution is 9.10. The first-order chi connectivity index (χ1) is 8.59. The zero-order valence-electron chi connectivity index (χ0n) is 10.2. The second kappa shape index (κ2) is 5.31. The predicted octanol–water partition coefficient (Wildman–Crippen LogP) is 3.43. The van der Waals surface area contributed by atoms with Gasteiger partial charge in [-0.1, -0.05) is 22.0 Å². The highest BCUT2D eigenvalue weighted by Crippen LogP contribution is 2.19. The van der Waals surface area contributed by atoms with Gasteiger partial charge in [-0.05, 0) is 42.8 Å². The number of nitrogens with zero attached hydrogens (tertiary/aromatic N) is 2. The molecule has 0 N–H and O–H groups in total. The molecule has 0 unspecified atom stereocenters. The molecule has 1 heterocycles. The standard InChI is InChI=1S/C14H13BrN2O/c1-10-9-11(6-7-12(10)15)14(18)17(2)13-5-3-4-8-16-13/h3-9H,1-2H3. The van der Waals surface area contributed by atoms with Gasteiger partial charge in [0, 0.05) is 23.3 Å². The molecule has 18 heavy (non-hydrogen) atoms. The molecule has 92 valence electrons.